The molecule has 230 valence electrons. The van der Waals surface area contributed by atoms with Crippen LogP contribution in [0.5, 0.6) is 0 Å². The summed E-state index contributed by atoms with van der Waals surface area (Å²) in [7, 11) is 4.25. The molecule has 6 heteroatoms. The minimum absolute atomic E-state index is 0.00450. The third-order valence-electron chi connectivity index (χ3n) is 14.2. The van der Waals surface area contributed by atoms with Gasteiger partial charge >= 0.3 is 5.97 Å². The van der Waals surface area contributed by atoms with Crippen LogP contribution >= 0.6 is 0 Å². The van der Waals surface area contributed by atoms with Crippen LogP contribution in [0, 0.1) is 56.2 Å². The zero-order chi connectivity index (χ0) is 30.1. The Balaban J connectivity index is 1.38. The van der Waals surface area contributed by atoms with Gasteiger partial charge in [-0.3, -0.25) is 14.6 Å². The molecule has 0 N–H and O–H groups in total. The Labute approximate surface area is 248 Å². The van der Waals surface area contributed by atoms with Crippen molar-refractivity contribution in [1.82, 2.24) is 4.90 Å². The van der Waals surface area contributed by atoms with Crippen LogP contribution in [-0.2, 0) is 19.1 Å². The second-order valence-corrected chi connectivity index (χ2v) is 17.5. The first-order valence-electron chi connectivity index (χ1n) is 16.5. The Bertz CT molecular complexity index is 1170. The van der Waals surface area contributed by atoms with Crippen LogP contribution in [0.2, 0.25) is 0 Å². The minimum Gasteiger partial charge on any atom is -0.480 e. The normalized spacial score (nSPS) is 49.1. The van der Waals surface area contributed by atoms with E-state index in [-0.39, 0.29) is 51.1 Å². The van der Waals surface area contributed by atoms with E-state index in [2.05, 4.69) is 60.5 Å². The number of carbonyl (C=O) groups is 2. The molecule has 6 aliphatic rings. The fourth-order valence-corrected chi connectivity index (χ4v) is 11.7. The SMILES string of the molecule is CC(C)C1=N[C@H]2CCC34C[C@]35C(=O)C[C@]3(C)[C@@H]([C@H](C)N(C)C)[C@H](OC(=O)C(C)(C)C)C[C@@]3(C)[C@@H]5CC[C@H]4[C@]2(C)CO1. The lowest BCUT2D eigenvalue weighted by molar-refractivity contribution is -0.173. The highest BCUT2D eigenvalue weighted by atomic mass is 16.5. The lowest BCUT2D eigenvalue weighted by atomic mass is 9.41. The van der Waals surface area contributed by atoms with E-state index in [1.54, 1.807) is 0 Å². The molecule has 5 fully saturated rings. The number of ether oxygens (including phenoxy) is 2. The van der Waals surface area contributed by atoms with Gasteiger partial charge in [0.25, 0.3) is 0 Å². The quantitative estimate of drug-likeness (QED) is 0.360. The van der Waals surface area contributed by atoms with Gasteiger partial charge in [0, 0.05) is 35.1 Å². The van der Waals surface area contributed by atoms with E-state index in [9.17, 15) is 9.59 Å². The average Bonchev–Trinajstić information content (AvgIpc) is 3.50. The Kier molecular flexibility index (Phi) is 6.37. The van der Waals surface area contributed by atoms with Crippen LogP contribution in [0.1, 0.15) is 107 Å². The first-order chi connectivity index (χ1) is 18.9. The monoisotopic (exact) mass is 568 g/mol. The van der Waals surface area contributed by atoms with Gasteiger partial charge in [0.05, 0.1) is 18.1 Å². The summed E-state index contributed by atoms with van der Waals surface area (Å²) in [5, 5.41) is 0. The summed E-state index contributed by atoms with van der Waals surface area (Å²) in [6.07, 6.45) is 6.74. The maximum absolute atomic E-state index is 14.8. The number of esters is 1. The Morgan fingerprint density at radius 1 is 1.05 bits per heavy atom. The smallest absolute Gasteiger partial charge is 0.311 e. The summed E-state index contributed by atoms with van der Waals surface area (Å²) in [5.41, 5.74) is -0.971. The molecule has 41 heavy (non-hydrogen) atoms. The zero-order valence-corrected chi connectivity index (χ0v) is 27.7. The van der Waals surface area contributed by atoms with Crippen molar-refractivity contribution in [1.29, 1.82) is 0 Å². The number of Topliss-reactive ketones (excluding diaryl/α,β-unsaturated/α-hetero) is 1. The molecule has 0 aromatic rings. The zero-order valence-electron chi connectivity index (χ0n) is 27.7. The maximum atomic E-state index is 14.8. The highest BCUT2D eigenvalue weighted by molar-refractivity contribution is 5.92. The van der Waals surface area contributed by atoms with E-state index < -0.39 is 5.41 Å². The molecule has 0 saturated heterocycles. The molecule has 6 nitrogen and oxygen atoms in total. The van der Waals surface area contributed by atoms with E-state index in [0.29, 0.717) is 36.0 Å². The number of hydrogen-bond acceptors (Lipinski definition) is 6. The molecule has 2 spiro atoms. The molecular weight excluding hydrogens is 512 g/mol. The van der Waals surface area contributed by atoms with Crippen molar-refractivity contribution in [2.75, 3.05) is 20.7 Å². The van der Waals surface area contributed by atoms with Gasteiger partial charge in [-0.1, -0.05) is 34.6 Å². The second kappa shape index (κ2) is 8.82. The van der Waals surface area contributed by atoms with Gasteiger partial charge in [0.1, 0.15) is 11.9 Å². The molecule has 5 aliphatic carbocycles. The molecule has 1 unspecified atom stereocenters. The fraction of sp³-hybridized carbons (Fsp3) is 0.914. The van der Waals surface area contributed by atoms with E-state index in [4.69, 9.17) is 14.5 Å². The highest BCUT2D eigenvalue weighted by Gasteiger charge is 2.86. The van der Waals surface area contributed by atoms with Crippen LogP contribution in [0.4, 0.5) is 0 Å². The topological polar surface area (TPSA) is 68.2 Å². The molecule has 11 atom stereocenters. The number of hydrogen-bond donors (Lipinski definition) is 0. The van der Waals surface area contributed by atoms with Crippen molar-refractivity contribution < 1.29 is 19.1 Å². The van der Waals surface area contributed by atoms with E-state index in [1.165, 1.54) is 0 Å². The second-order valence-electron chi connectivity index (χ2n) is 17.5. The average molecular weight is 569 g/mol. The van der Waals surface area contributed by atoms with E-state index >= 15 is 0 Å². The lowest BCUT2D eigenvalue weighted by Gasteiger charge is -2.63. The summed E-state index contributed by atoms with van der Waals surface area (Å²) in [6, 6.07) is 0.503. The molecular formula is C35H56N2O4. The van der Waals surface area contributed by atoms with Gasteiger partial charge in [0.15, 0.2) is 5.90 Å². The third-order valence-corrected chi connectivity index (χ3v) is 14.2. The van der Waals surface area contributed by atoms with Gasteiger partial charge in [0.2, 0.25) is 0 Å². The number of aliphatic imine (C=N–C) groups is 1. The summed E-state index contributed by atoms with van der Waals surface area (Å²) < 4.78 is 12.8. The lowest BCUT2D eigenvalue weighted by Crippen LogP contribution is -2.62. The molecule has 0 bridgehead atoms. The number of carbonyl (C=O) groups excluding carboxylic acids is 2. The predicted octanol–water partition coefficient (Wildman–Crippen LogP) is 6.56. The highest BCUT2D eigenvalue weighted by Crippen LogP contribution is 2.88. The van der Waals surface area contributed by atoms with Crippen molar-refractivity contribution in [2.45, 2.75) is 125 Å². The molecule has 5 saturated carbocycles. The van der Waals surface area contributed by atoms with Gasteiger partial charge < -0.3 is 14.4 Å². The summed E-state index contributed by atoms with van der Waals surface area (Å²) in [5.74, 6) is 2.56. The van der Waals surface area contributed by atoms with Crippen molar-refractivity contribution >= 4 is 17.7 Å². The number of ketones is 1. The number of rotatable bonds is 4. The van der Waals surface area contributed by atoms with Gasteiger partial charge in [-0.25, -0.2) is 0 Å². The third kappa shape index (κ3) is 3.61. The fourth-order valence-electron chi connectivity index (χ4n) is 11.7. The predicted molar refractivity (Wildman–Crippen MR) is 161 cm³/mol. The van der Waals surface area contributed by atoms with Crippen LogP contribution < -0.4 is 0 Å². The number of nitrogens with zero attached hydrogens (tertiary/aromatic N) is 2. The maximum Gasteiger partial charge on any atom is 0.311 e. The van der Waals surface area contributed by atoms with Gasteiger partial charge in [-0.05, 0) is 108 Å². The molecule has 0 aromatic heterocycles. The number of fused-ring (bicyclic) bond motifs is 4. The van der Waals surface area contributed by atoms with Crippen molar-refractivity contribution in [3.05, 3.63) is 0 Å². The Morgan fingerprint density at radius 2 is 1.71 bits per heavy atom. The van der Waals surface area contributed by atoms with E-state index in [1.807, 2.05) is 20.8 Å². The molecule has 1 heterocycles. The molecule has 0 radical (unpaired) electrons. The standard InChI is InChI=1S/C35H56N2O4/c1-20(2)28-36-25-14-15-34-18-35(34)24(13-12-23(34)31(25,7)19-40-28)32(8)16-22(41-29(39)30(4,5)6)27(21(3)37(10)11)33(32,9)17-26(35)38/h20-25,27H,12-19H2,1-11H3/t21-,22+,23-,24-,25-,27-,31-,32-,33+,34?,35-/m0/s1. The molecule has 0 aromatic carbocycles. The van der Waals surface area contributed by atoms with Crippen LogP contribution in [-0.4, -0.2) is 61.4 Å². The van der Waals surface area contributed by atoms with Gasteiger partial charge in [-0.2, -0.15) is 0 Å². The van der Waals surface area contributed by atoms with Crippen molar-refractivity contribution in [3.8, 4) is 0 Å². The van der Waals surface area contributed by atoms with Crippen LogP contribution in [0.15, 0.2) is 4.99 Å². The Morgan fingerprint density at radius 3 is 2.32 bits per heavy atom. The molecule has 6 rings (SSSR count). The summed E-state index contributed by atoms with van der Waals surface area (Å²) in [4.78, 5) is 35.5. The van der Waals surface area contributed by atoms with Crippen molar-refractivity contribution in [2.24, 2.45) is 61.2 Å². The van der Waals surface area contributed by atoms with Crippen LogP contribution in [0.25, 0.3) is 0 Å². The molecule has 1 aliphatic heterocycles. The van der Waals surface area contributed by atoms with E-state index in [0.717, 1.165) is 51.0 Å². The Hall–Kier alpha value is -1.43. The van der Waals surface area contributed by atoms with Gasteiger partial charge in [-0.15, -0.1) is 0 Å². The minimum atomic E-state index is -0.550. The molecule has 0 amide bonds. The van der Waals surface area contributed by atoms with Crippen molar-refractivity contribution in [3.63, 3.8) is 0 Å². The first-order valence-corrected chi connectivity index (χ1v) is 16.5. The summed E-state index contributed by atoms with van der Waals surface area (Å²) in [6.45, 7) is 20.4. The largest absolute Gasteiger partial charge is 0.480 e. The summed E-state index contributed by atoms with van der Waals surface area (Å²) >= 11 is 0. The first kappa shape index (κ1) is 29.6. The van der Waals surface area contributed by atoms with Crippen LogP contribution in [0.3, 0.4) is 0 Å².